The van der Waals surface area contributed by atoms with E-state index in [0.717, 1.165) is 18.5 Å². The maximum Gasteiger partial charge on any atom is 0.0537 e. The summed E-state index contributed by atoms with van der Waals surface area (Å²) in [5.74, 6) is 0. The molecule has 2 rings (SSSR count). The van der Waals surface area contributed by atoms with Crippen LogP contribution in [0.4, 0.5) is 0 Å². The summed E-state index contributed by atoms with van der Waals surface area (Å²) in [6.45, 7) is 3.58. The van der Waals surface area contributed by atoms with Gasteiger partial charge in [0.05, 0.1) is 6.20 Å². The van der Waals surface area contributed by atoms with Crippen LogP contribution in [0.15, 0.2) is 23.0 Å². The van der Waals surface area contributed by atoms with Crippen molar-refractivity contribution in [1.82, 2.24) is 9.78 Å². The van der Waals surface area contributed by atoms with Crippen molar-refractivity contribution >= 4 is 11.3 Å². The zero-order valence-electron chi connectivity index (χ0n) is 8.81. The summed E-state index contributed by atoms with van der Waals surface area (Å²) in [6, 6.07) is 2.16. The summed E-state index contributed by atoms with van der Waals surface area (Å²) in [6.07, 6.45) is 2.90. The molecule has 0 bridgehead atoms. The van der Waals surface area contributed by atoms with Crippen LogP contribution in [0.25, 0.3) is 0 Å². The molecule has 2 aromatic rings. The largest absolute Gasteiger partial charge is 0.326 e. The normalized spacial score (nSPS) is 10.8. The monoisotopic (exact) mass is 221 g/mol. The number of hydrogen-bond donors (Lipinski definition) is 1. The van der Waals surface area contributed by atoms with Crippen LogP contribution in [0.3, 0.4) is 0 Å². The van der Waals surface area contributed by atoms with Crippen molar-refractivity contribution < 1.29 is 0 Å². The molecule has 0 amide bonds. The van der Waals surface area contributed by atoms with Gasteiger partial charge in [-0.15, -0.1) is 0 Å². The topological polar surface area (TPSA) is 43.8 Å². The molecule has 0 unspecified atom stereocenters. The third-order valence-electron chi connectivity index (χ3n) is 2.62. The molecule has 0 atom stereocenters. The van der Waals surface area contributed by atoms with Gasteiger partial charge in [-0.05, 0) is 35.7 Å². The fraction of sp³-hybridized carbons (Fsp3) is 0.364. The van der Waals surface area contributed by atoms with E-state index in [0.29, 0.717) is 6.54 Å². The average Bonchev–Trinajstić information content (AvgIpc) is 2.85. The lowest BCUT2D eigenvalue weighted by Crippen LogP contribution is -2.06. The molecule has 0 radical (unpaired) electrons. The predicted molar refractivity (Wildman–Crippen MR) is 62.9 cm³/mol. The minimum Gasteiger partial charge on any atom is -0.326 e. The van der Waals surface area contributed by atoms with E-state index in [9.17, 15) is 0 Å². The smallest absolute Gasteiger partial charge is 0.0537 e. The van der Waals surface area contributed by atoms with Crippen LogP contribution in [-0.4, -0.2) is 9.78 Å². The number of nitrogens with two attached hydrogens (primary N) is 1. The maximum absolute atomic E-state index is 5.60. The van der Waals surface area contributed by atoms with Gasteiger partial charge in [-0.3, -0.25) is 4.68 Å². The molecule has 0 saturated heterocycles. The molecule has 2 aromatic heterocycles. The second-order valence-electron chi connectivity index (χ2n) is 3.56. The first-order chi connectivity index (χ1) is 7.31. The highest BCUT2D eigenvalue weighted by Crippen LogP contribution is 2.10. The summed E-state index contributed by atoms with van der Waals surface area (Å²) in [7, 11) is 0. The molecule has 0 fully saturated rings. The molecular formula is C11H15N3S. The minimum absolute atomic E-state index is 0.574. The molecule has 0 saturated carbocycles. The van der Waals surface area contributed by atoms with Crippen molar-refractivity contribution in [3.05, 3.63) is 39.8 Å². The zero-order chi connectivity index (χ0) is 10.7. The van der Waals surface area contributed by atoms with E-state index in [1.54, 1.807) is 11.3 Å². The summed E-state index contributed by atoms with van der Waals surface area (Å²) in [5, 5.41) is 8.62. The second kappa shape index (κ2) is 4.59. The molecular weight excluding hydrogens is 206 g/mol. The first kappa shape index (κ1) is 10.4. The molecule has 0 aliphatic rings. The Morgan fingerprint density at radius 2 is 2.40 bits per heavy atom. The van der Waals surface area contributed by atoms with E-state index in [-0.39, 0.29) is 0 Å². The van der Waals surface area contributed by atoms with Crippen LogP contribution in [-0.2, 0) is 19.5 Å². The van der Waals surface area contributed by atoms with Crippen LogP contribution in [0.2, 0.25) is 0 Å². The number of rotatable bonds is 4. The molecule has 0 spiro atoms. The lowest BCUT2D eigenvalue weighted by Gasteiger charge is -2.03. The first-order valence-corrected chi connectivity index (χ1v) is 5.98. The van der Waals surface area contributed by atoms with E-state index in [1.807, 2.05) is 10.9 Å². The molecule has 0 aromatic carbocycles. The van der Waals surface area contributed by atoms with E-state index in [4.69, 9.17) is 5.73 Å². The van der Waals surface area contributed by atoms with Crippen molar-refractivity contribution in [1.29, 1.82) is 0 Å². The standard InChI is InChI=1S/C11H15N3S/c1-9-11(6-12)7-13-14(9)4-2-10-3-5-15-8-10/h3,5,7-8H,2,4,6,12H2,1H3. The Bertz CT molecular complexity index is 417. The third kappa shape index (κ3) is 2.27. The molecule has 2 heterocycles. The zero-order valence-corrected chi connectivity index (χ0v) is 9.63. The highest BCUT2D eigenvalue weighted by Gasteiger charge is 2.04. The number of thiophene rings is 1. The summed E-state index contributed by atoms with van der Waals surface area (Å²) >= 11 is 1.74. The van der Waals surface area contributed by atoms with Gasteiger partial charge in [0.15, 0.2) is 0 Å². The quantitative estimate of drug-likeness (QED) is 0.857. The minimum atomic E-state index is 0.574. The number of nitrogens with zero attached hydrogens (tertiary/aromatic N) is 2. The van der Waals surface area contributed by atoms with Crippen molar-refractivity contribution in [2.75, 3.05) is 0 Å². The summed E-state index contributed by atoms with van der Waals surface area (Å²) in [5.41, 5.74) is 9.31. The SMILES string of the molecule is Cc1c(CN)cnn1CCc1ccsc1. The van der Waals surface area contributed by atoms with Gasteiger partial charge in [0.2, 0.25) is 0 Å². The Balaban J connectivity index is 2.02. The van der Waals surface area contributed by atoms with Gasteiger partial charge >= 0.3 is 0 Å². The van der Waals surface area contributed by atoms with Gasteiger partial charge in [-0.2, -0.15) is 16.4 Å². The van der Waals surface area contributed by atoms with Crippen LogP contribution >= 0.6 is 11.3 Å². The lowest BCUT2D eigenvalue weighted by molar-refractivity contribution is 0.598. The Morgan fingerprint density at radius 1 is 1.53 bits per heavy atom. The Hall–Kier alpha value is -1.13. The van der Waals surface area contributed by atoms with Crippen molar-refractivity contribution in [2.24, 2.45) is 5.73 Å². The molecule has 80 valence electrons. The molecule has 2 N–H and O–H groups in total. The van der Waals surface area contributed by atoms with E-state index < -0.39 is 0 Å². The van der Waals surface area contributed by atoms with Gasteiger partial charge in [0, 0.05) is 24.3 Å². The maximum atomic E-state index is 5.60. The highest BCUT2D eigenvalue weighted by molar-refractivity contribution is 7.07. The van der Waals surface area contributed by atoms with Gasteiger partial charge < -0.3 is 5.73 Å². The number of aryl methyl sites for hydroxylation is 2. The molecule has 4 heteroatoms. The van der Waals surface area contributed by atoms with Crippen LogP contribution < -0.4 is 5.73 Å². The van der Waals surface area contributed by atoms with E-state index in [2.05, 4.69) is 28.8 Å². The highest BCUT2D eigenvalue weighted by atomic mass is 32.1. The molecule has 15 heavy (non-hydrogen) atoms. The number of aromatic nitrogens is 2. The Labute approximate surface area is 93.5 Å². The number of hydrogen-bond acceptors (Lipinski definition) is 3. The van der Waals surface area contributed by atoms with E-state index >= 15 is 0 Å². The van der Waals surface area contributed by atoms with Crippen LogP contribution in [0, 0.1) is 6.92 Å². The molecule has 0 aliphatic carbocycles. The van der Waals surface area contributed by atoms with Crippen LogP contribution in [0.5, 0.6) is 0 Å². The van der Waals surface area contributed by atoms with Crippen molar-refractivity contribution in [3.63, 3.8) is 0 Å². The summed E-state index contributed by atoms with van der Waals surface area (Å²) < 4.78 is 2.03. The van der Waals surface area contributed by atoms with Crippen molar-refractivity contribution in [3.8, 4) is 0 Å². The molecule has 0 aliphatic heterocycles. The predicted octanol–water partition coefficient (Wildman–Crippen LogP) is 1.95. The average molecular weight is 221 g/mol. The van der Waals surface area contributed by atoms with Gasteiger partial charge in [-0.25, -0.2) is 0 Å². The Kier molecular flexibility index (Phi) is 3.18. The Morgan fingerprint density at radius 3 is 3.00 bits per heavy atom. The summed E-state index contributed by atoms with van der Waals surface area (Å²) in [4.78, 5) is 0. The lowest BCUT2D eigenvalue weighted by atomic mass is 10.2. The van der Waals surface area contributed by atoms with Crippen molar-refractivity contribution in [2.45, 2.75) is 26.4 Å². The van der Waals surface area contributed by atoms with Gasteiger partial charge in [0.25, 0.3) is 0 Å². The third-order valence-corrected chi connectivity index (χ3v) is 3.35. The fourth-order valence-electron chi connectivity index (χ4n) is 1.58. The van der Waals surface area contributed by atoms with Gasteiger partial charge in [0.1, 0.15) is 0 Å². The fourth-order valence-corrected chi connectivity index (χ4v) is 2.28. The molecule has 3 nitrogen and oxygen atoms in total. The first-order valence-electron chi connectivity index (χ1n) is 5.03. The second-order valence-corrected chi connectivity index (χ2v) is 4.34. The van der Waals surface area contributed by atoms with Gasteiger partial charge in [-0.1, -0.05) is 0 Å². The van der Waals surface area contributed by atoms with E-state index in [1.165, 1.54) is 11.3 Å². The van der Waals surface area contributed by atoms with Crippen LogP contribution in [0.1, 0.15) is 16.8 Å².